The Morgan fingerprint density at radius 3 is 2.15 bits per heavy atom. The lowest BCUT2D eigenvalue weighted by atomic mass is 10.1. The Morgan fingerprint density at radius 1 is 1.15 bits per heavy atom. The molecule has 0 radical (unpaired) electrons. The van der Waals surface area contributed by atoms with Crippen LogP contribution in [0.4, 0.5) is 0 Å². The number of aromatic nitrogens is 2. The molecular weight excluding hydrogens is 373 g/mol. The van der Waals surface area contributed by atoms with Gasteiger partial charge in [-0.15, -0.1) is 0 Å². The van der Waals surface area contributed by atoms with Gasteiger partial charge in [0.15, 0.2) is 0 Å². The number of carbonyl (C=O) groups excluding carboxylic acids is 1. The van der Waals surface area contributed by atoms with Crippen molar-refractivity contribution in [2.45, 2.75) is 47.5 Å². The van der Waals surface area contributed by atoms with E-state index in [9.17, 15) is 9.59 Å². The van der Waals surface area contributed by atoms with Gasteiger partial charge in [0, 0.05) is 21.7 Å². The monoisotopic (exact) mass is 397 g/mol. The fourth-order valence-corrected chi connectivity index (χ4v) is 2.66. The first-order valence-corrected chi connectivity index (χ1v) is 9.05. The molecule has 0 aromatic carbocycles. The number of halogens is 2. The van der Waals surface area contributed by atoms with Gasteiger partial charge in [0.05, 0.1) is 16.5 Å². The van der Waals surface area contributed by atoms with Crippen molar-refractivity contribution in [1.29, 1.82) is 0 Å². The third-order valence-electron chi connectivity index (χ3n) is 3.84. The van der Waals surface area contributed by atoms with Crippen LogP contribution in [-0.2, 0) is 4.79 Å². The second-order valence-corrected chi connectivity index (χ2v) is 7.57. The van der Waals surface area contributed by atoms with Crippen LogP contribution in [-0.4, -0.2) is 15.5 Å². The average Bonchev–Trinajstić information content (AvgIpc) is 2.52. The van der Waals surface area contributed by atoms with E-state index in [1.807, 2.05) is 13.8 Å². The number of nitrogens with zero attached hydrogens (tertiary/aromatic N) is 2. The molecule has 0 aliphatic rings. The van der Waals surface area contributed by atoms with Crippen molar-refractivity contribution in [2.24, 2.45) is 11.7 Å². The van der Waals surface area contributed by atoms with Crippen LogP contribution in [0.25, 0.3) is 15.8 Å². The molecule has 0 fully saturated rings. The Hall–Kier alpha value is -1.85. The molecule has 1 aromatic heterocycles. The van der Waals surface area contributed by atoms with Gasteiger partial charge in [-0.3, -0.25) is 14.2 Å². The van der Waals surface area contributed by atoms with Crippen LogP contribution in [0.3, 0.4) is 0 Å². The molecule has 26 heavy (non-hydrogen) atoms. The van der Waals surface area contributed by atoms with Crippen LogP contribution < -0.4 is 21.9 Å². The summed E-state index contributed by atoms with van der Waals surface area (Å²) in [4.78, 5) is 28.8. The van der Waals surface area contributed by atoms with Gasteiger partial charge in [-0.2, -0.15) is 0 Å². The van der Waals surface area contributed by atoms with E-state index in [-0.39, 0.29) is 16.7 Å². The standard InChI is InChI=1S/C19H25Cl2N3O2/c1-10(2)18-23-16(14(6)21)15(13(5)20)19(26)24(18)12(4)9-7-8-11(3)17(22)25/h7-11H,1-6H3,(H2,22,25)/b8-7-,12-9+,15-13-,16-14-. The number of amides is 1. The first-order chi connectivity index (χ1) is 12.0. The molecule has 1 aromatic rings. The fourth-order valence-electron chi connectivity index (χ4n) is 2.36. The molecule has 5 nitrogen and oxygen atoms in total. The number of nitrogens with two attached hydrogens (primary N) is 1. The zero-order valence-electron chi connectivity index (χ0n) is 15.9. The van der Waals surface area contributed by atoms with Crippen molar-refractivity contribution in [1.82, 2.24) is 9.55 Å². The summed E-state index contributed by atoms with van der Waals surface area (Å²) in [5, 5.41) is 1.41. The van der Waals surface area contributed by atoms with Crippen molar-refractivity contribution in [2.75, 3.05) is 0 Å². The zero-order chi connectivity index (χ0) is 20.2. The lowest BCUT2D eigenvalue weighted by Crippen LogP contribution is -2.49. The summed E-state index contributed by atoms with van der Waals surface area (Å²) in [5.41, 5.74) is 5.61. The van der Waals surface area contributed by atoms with Gasteiger partial charge in [0.25, 0.3) is 5.56 Å². The number of rotatable bonds is 5. The minimum absolute atomic E-state index is 0.0148. The van der Waals surface area contributed by atoms with Gasteiger partial charge in [-0.1, -0.05) is 56.1 Å². The largest absolute Gasteiger partial charge is 0.369 e. The van der Waals surface area contributed by atoms with Crippen LogP contribution >= 0.6 is 23.2 Å². The van der Waals surface area contributed by atoms with E-state index < -0.39 is 11.8 Å². The number of hydrogen-bond acceptors (Lipinski definition) is 3. The number of allylic oxidation sites excluding steroid dienone is 3. The van der Waals surface area contributed by atoms with Gasteiger partial charge in [0.2, 0.25) is 5.91 Å². The molecule has 0 aliphatic carbocycles. The second-order valence-electron chi connectivity index (χ2n) is 6.44. The molecule has 0 aliphatic heterocycles. The van der Waals surface area contributed by atoms with Crippen molar-refractivity contribution in [3.05, 3.63) is 45.0 Å². The van der Waals surface area contributed by atoms with E-state index >= 15 is 0 Å². The van der Waals surface area contributed by atoms with Crippen LogP contribution in [0.15, 0.2) is 23.0 Å². The summed E-state index contributed by atoms with van der Waals surface area (Å²) in [7, 11) is 0. The first kappa shape index (κ1) is 22.2. The van der Waals surface area contributed by atoms with Crippen LogP contribution in [0.1, 0.15) is 53.3 Å². The summed E-state index contributed by atoms with van der Waals surface area (Å²) in [5.74, 6) is -0.250. The summed E-state index contributed by atoms with van der Waals surface area (Å²) in [6.45, 7) is 10.7. The Labute approximate surface area is 163 Å². The molecule has 0 saturated heterocycles. The summed E-state index contributed by atoms with van der Waals surface area (Å²) in [6, 6.07) is 0. The molecular formula is C19H25Cl2N3O2. The topological polar surface area (TPSA) is 78.0 Å². The minimum atomic E-state index is -0.416. The first-order valence-electron chi connectivity index (χ1n) is 8.29. The highest BCUT2D eigenvalue weighted by molar-refractivity contribution is 6.45. The zero-order valence-corrected chi connectivity index (χ0v) is 17.4. The quantitative estimate of drug-likeness (QED) is 0.775. The molecule has 0 saturated carbocycles. The highest BCUT2D eigenvalue weighted by atomic mass is 35.5. The van der Waals surface area contributed by atoms with E-state index in [4.69, 9.17) is 28.9 Å². The summed E-state index contributed by atoms with van der Waals surface area (Å²) in [6.07, 6.45) is 5.11. The van der Waals surface area contributed by atoms with Gasteiger partial charge in [0.1, 0.15) is 5.82 Å². The Kier molecular flexibility index (Phi) is 7.85. The highest BCUT2D eigenvalue weighted by Crippen LogP contribution is 2.13. The molecule has 1 rings (SSSR count). The van der Waals surface area contributed by atoms with E-state index in [0.29, 0.717) is 26.9 Å². The maximum Gasteiger partial charge on any atom is 0.266 e. The maximum atomic E-state index is 13.1. The third kappa shape index (κ3) is 5.08. The Balaban J connectivity index is 3.80. The van der Waals surface area contributed by atoms with Crippen LogP contribution in [0.5, 0.6) is 0 Å². The van der Waals surface area contributed by atoms with Crippen LogP contribution in [0.2, 0.25) is 0 Å². The third-order valence-corrected chi connectivity index (χ3v) is 4.20. The average molecular weight is 398 g/mol. The smallest absolute Gasteiger partial charge is 0.266 e. The van der Waals surface area contributed by atoms with Gasteiger partial charge in [-0.05, 0) is 26.8 Å². The molecule has 1 amide bonds. The number of primary amides is 1. The molecule has 1 atom stereocenters. The predicted molar refractivity (Wildman–Crippen MR) is 109 cm³/mol. The van der Waals surface area contributed by atoms with E-state index in [1.54, 1.807) is 45.9 Å². The summed E-state index contributed by atoms with van der Waals surface area (Å²) < 4.78 is 1.52. The molecule has 0 spiro atoms. The van der Waals surface area contributed by atoms with Crippen LogP contribution in [0, 0.1) is 5.92 Å². The van der Waals surface area contributed by atoms with E-state index in [2.05, 4.69) is 4.98 Å². The molecule has 7 heteroatoms. The minimum Gasteiger partial charge on any atom is -0.369 e. The Bertz CT molecular complexity index is 933. The van der Waals surface area contributed by atoms with E-state index in [1.165, 1.54) is 4.57 Å². The van der Waals surface area contributed by atoms with Gasteiger partial charge < -0.3 is 5.73 Å². The SMILES string of the molecule is C/C(Cl)=c1/nc(C(C)C)n(/C(C)=C/C=C\C(C)C(N)=O)c(=O)/c1=C(/C)Cl. The molecule has 2 N–H and O–H groups in total. The van der Waals surface area contributed by atoms with Crippen molar-refractivity contribution < 1.29 is 4.79 Å². The van der Waals surface area contributed by atoms with Crippen molar-refractivity contribution in [3.8, 4) is 0 Å². The predicted octanol–water partition coefficient (Wildman–Crippen LogP) is 2.64. The number of carbonyl (C=O) groups is 1. The van der Waals surface area contributed by atoms with Gasteiger partial charge >= 0.3 is 0 Å². The lowest BCUT2D eigenvalue weighted by Gasteiger charge is -2.15. The second kappa shape index (κ2) is 9.19. The summed E-state index contributed by atoms with van der Waals surface area (Å²) >= 11 is 12.3. The molecule has 142 valence electrons. The van der Waals surface area contributed by atoms with Crippen molar-refractivity contribution >= 4 is 44.9 Å². The highest BCUT2D eigenvalue weighted by Gasteiger charge is 2.15. The molecule has 1 unspecified atom stereocenters. The lowest BCUT2D eigenvalue weighted by molar-refractivity contribution is -0.120. The van der Waals surface area contributed by atoms with E-state index in [0.717, 1.165) is 0 Å². The number of hydrogen-bond donors (Lipinski definition) is 1. The van der Waals surface area contributed by atoms with Crippen molar-refractivity contribution in [3.63, 3.8) is 0 Å². The maximum absolute atomic E-state index is 13.1. The molecule has 1 heterocycles. The Morgan fingerprint density at radius 2 is 1.73 bits per heavy atom. The van der Waals surface area contributed by atoms with Gasteiger partial charge in [-0.25, -0.2) is 4.98 Å². The molecule has 0 bridgehead atoms. The fraction of sp³-hybridized carbons (Fsp3) is 0.421. The normalized spacial score (nSPS) is 16.1.